The first-order chi connectivity index (χ1) is 7.19. The van der Waals surface area contributed by atoms with Crippen molar-refractivity contribution in [3.8, 4) is 0 Å². The molecule has 2 aliphatic rings. The van der Waals surface area contributed by atoms with Crippen LogP contribution < -0.4 is 0 Å². The van der Waals surface area contributed by atoms with Gasteiger partial charge in [-0.25, -0.2) is 0 Å². The molecule has 2 heteroatoms. The van der Waals surface area contributed by atoms with Gasteiger partial charge < -0.3 is 0 Å². The zero-order valence-electron chi connectivity index (χ0n) is 8.50. The molecule has 1 aromatic carbocycles. The second-order valence-corrected chi connectivity index (χ2v) is 5.40. The molecule has 3 rings (SSSR count). The van der Waals surface area contributed by atoms with Crippen LogP contribution in [0.15, 0.2) is 24.3 Å². The Kier molecular flexibility index (Phi) is 1.93. The van der Waals surface area contributed by atoms with Gasteiger partial charge in [0.2, 0.25) is 5.24 Å². The summed E-state index contributed by atoms with van der Waals surface area (Å²) in [4.78, 5) is 11.0. The van der Waals surface area contributed by atoms with E-state index in [1.165, 1.54) is 11.1 Å². The molecule has 1 fully saturated rings. The van der Waals surface area contributed by atoms with E-state index in [1.807, 2.05) is 0 Å². The number of carbonyl (C=O) groups is 1. The number of hydrogen-bond acceptors (Lipinski definition) is 1. The molecule has 0 unspecified atom stereocenters. The zero-order chi connectivity index (χ0) is 10.5. The summed E-state index contributed by atoms with van der Waals surface area (Å²) < 4.78 is 0. The molecular formula is C13H13ClO. The third-order valence-electron chi connectivity index (χ3n) is 3.93. The maximum Gasteiger partial charge on any atom is 0.224 e. The van der Waals surface area contributed by atoms with Gasteiger partial charge >= 0.3 is 0 Å². The molecule has 0 saturated heterocycles. The van der Waals surface area contributed by atoms with Gasteiger partial charge in [0, 0.05) is 5.92 Å². The van der Waals surface area contributed by atoms with E-state index in [0.717, 1.165) is 25.7 Å². The first-order valence-corrected chi connectivity index (χ1v) is 5.82. The third-order valence-corrected chi connectivity index (χ3v) is 4.24. The van der Waals surface area contributed by atoms with E-state index in [9.17, 15) is 4.79 Å². The number of rotatable bonds is 1. The van der Waals surface area contributed by atoms with Crippen LogP contribution in [0.4, 0.5) is 0 Å². The van der Waals surface area contributed by atoms with E-state index in [-0.39, 0.29) is 11.2 Å². The molecule has 15 heavy (non-hydrogen) atoms. The molecule has 0 atom stereocenters. The molecule has 0 bridgehead atoms. The highest BCUT2D eigenvalue weighted by atomic mass is 35.5. The highest BCUT2D eigenvalue weighted by Gasteiger charge is 2.49. The van der Waals surface area contributed by atoms with E-state index >= 15 is 0 Å². The molecule has 0 N–H and O–H groups in total. The first-order valence-electron chi connectivity index (χ1n) is 5.45. The zero-order valence-corrected chi connectivity index (χ0v) is 9.26. The Morgan fingerprint density at radius 1 is 1.20 bits per heavy atom. The topological polar surface area (TPSA) is 17.1 Å². The molecule has 0 amide bonds. The fraction of sp³-hybridized carbons (Fsp3) is 0.462. The quantitative estimate of drug-likeness (QED) is 0.665. The van der Waals surface area contributed by atoms with Crippen molar-refractivity contribution in [2.45, 2.75) is 25.7 Å². The molecular weight excluding hydrogens is 208 g/mol. The molecule has 2 aliphatic carbocycles. The van der Waals surface area contributed by atoms with E-state index < -0.39 is 0 Å². The highest BCUT2D eigenvalue weighted by molar-refractivity contribution is 6.64. The Morgan fingerprint density at radius 2 is 1.73 bits per heavy atom. The van der Waals surface area contributed by atoms with Crippen molar-refractivity contribution >= 4 is 16.8 Å². The molecule has 0 heterocycles. The van der Waals surface area contributed by atoms with Gasteiger partial charge in [0.1, 0.15) is 0 Å². The number of halogens is 1. The Balaban J connectivity index is 1.78. The Bertz CT molecular complexity index is 391. The molecule has 1 nitrogen and oxygen atoms in total. The van der Waals surface area contributed by atoms with Crippen LogP contribution in [0.1, 0.15) is 24.0 Å². The molecule has 0 aromatic heterocycles. The predicted octanol–water partition coefficient (Wildman–Crippen LogP) is 2.95. The van der Waals surface area contributed by atoms with Crippen LogP contribution in [0.2, 0.25) is 0 Å². The average molecular weight is 221 g/mol. The summed E-state index contributed by atoms with van der Waals surface area (Å²) in [5.74, 6) is 0.126. The minimum absolute atomic E-state index is 0.126. The van der Waals surface area contributed by atoms with Gasteiger partial charge in [-0.05, 0) is 53.8 Å². The van der Waals surface area contributed by atoms with Gasteiger partial charge in [0.25, 0.3) is 0 Å². The lowest BCUT2D eigenvalue weighted by molar-refractivity contribution is -0.121. The smallest absolute Gasteiger partial charge is 0.224 e. The second-order valence-electron chi connectivity index (χ2n) is 5.03. The van der Waals surface area contributed by atoms with Crippen molar-refractivity contribution in [3.63, 3.8) is 0 Å². The average Bonchev–Trinajstić information content (AvgIpc) is 2.53. The molecule has 78 valence electrons. The summed E-state index contributed by atoms with van der Waals surface area (Å²) in [5, 5.41) is -0.142. The van der Waals surface area contributed by atoms with E-state index in [1.54, 1.807) is 0 Å². The van der Waals surface area contributed by atoms with Crippen molar-refractivity contribution in [2.24, 2.45) is 11.3 Å². The molecule has 1 aromatic rings. The molecule has 0 radical (unpaired) electrons. The fourth-order valence-electron chi connectivity index (χ4n) is 3.21. The van der Waals surface area contributed by atoms with Gasteiger partial charge in [0.05, 0.1) is 0 Å². The summed E-state index contributed by atoms with van der Waals surface area (Å²) in [6, 6.07) is 8.61. The summed E-state index contributed by atoms with van der Waals surface area (Å²) in [6.45, 7) is 0. The van der Waals surface area contributed by atoms with Crippen LogP contribution in [0.5, 0.6) is 0 Å². The maximum absolute atomic E-state index is 11.0. The van der Waals surface area contributed by atoms with Gasteiger partial charge in [-0.15, -0.1) is 0 Å². The summed E-state index contributed by atoms with van der Waals surface area (Å²) >= 11 is 5.51. The molecule has 0 aliphatic heterocycles. The number of fused-ring (bicyclic) bond motifs is 1. The minimum Gasteiger partial charge on any atom is -0.281 e. The maximum atomic E-state index is 11.0. The fourth-order valence-corrected chi connectivity index (χ4v) is 3.36. The second kappa shape index (κ2) is 3.08. The predicted molar refractivity (Wildman–Crippen MR) is 59.9 cm³/mol. The van der Waals surface area contributed by atoms with E-state index in [4.69, 9.17) is 11.6 Å². The van der Waals surface area contributed by atoms with Gasteiger partial charge in [-0.3, -0.25) is 4.79 Å². The van der Waals surface area contributed by atoms with Crippen LogP contribution in [0.3, 0.4) is 0 Å². The largest absolute Gasteiger partial charge is 0.281 e. The Hall–Kier alpha value is -0.820. The van der Waals surface area contributed by atoms with Crippen molar-refractivity contribution in [1.29, 1.82) is 0 Å². The number of hydrogen-bond donors (Lipinski definition) is 0. The lowest BCUT2D eigenvalue weighted by atomic mass is 9.61. The minimum atomic E-state index is -0.142. The number of carbonyl (C=O) groups excluding carboxylic acids is 1. The highest BCUT2D eigenvalue weighted by Crippen LogP contribution is 2.54. The van der Waals surface area contributed by atoms with E-state index in [2.05, 4.69) is 24.3 Å². The van der Waals surface area contributed by atoms with Crippen molar-refractivity contribution in [2.75, 3.05) is 0 Å². The van der Waals surface area contributed by atoms with Crippen LogP contribution in [0, 0.1) is 11.3 Å². The van der Waals surface area contributed by atoms with Gasteiger partial charge in [0.15, 0.2) is 0 Å². The lowest BCUT2D eigenvalue weighted by Gasteiger charge is -2.43. The summed E-state index contributed by atoms with van der Waals surface area (Å²) in [7, 11) is 0. The molecule has 1 spiro atoms. The van der Waals surface area contributed by atoms with Crippen LogP contribution in [-0.4, -0.2) is 5.24 Å². The van der Waals surface area contributed by atoms with Gasteiger partial charge in [-0.2, -0.15) is 0 Å². The van der Waals surface area contributed by atoms with Crippen molar-refractivity contribution in [1.82, 2.24) is 0 Å². The standard InChI is InChI=1S/C13H13ClO/c14-12(15)11-7-13(8-11)5-9-3-1-2-4-10(9)6-13/h1-4,11H,5-8H2. The van der Waals surface area contributed by atoms with E-state index in [0.29, 0.717) is 5.41 Å². The monoisotopic (exact) mass is 220 g/mol. The van der Waals surface area contributed by atoms with Crippen molar-refractivity contribution in [3.05, 3.63) is 35.4 Å². The first kappa shape index (κ1) is 9.41. The Labute approximate surface area is 94.4 Å². The SMILES string of the molecule is O=C(Cl)C1CC2(Cc3ccccc3C2)C1. The van der Waals surface area contributed by atoms with Crippen LogP contribution in [0.25, 0.3) is 0 Å². The van der Waals surface area contributed by atoms with Crippen LogP contribution in [-0.2, 0) is 17.6 Å². The van der Waals surface area contributed by atoms with Crippen LogP contribution >= 0.6 is 11.6 Å². The lowest BCUT2D eigenvalue weighted by Crippen LogP contribution is -2.40. The third kappa shape index (κ3) is 1.41. The summed E-state index contributed by atoms with van der Waals surface area (Å²) in [6.07, 6.45) is 4.27. The Morgan fingerprint density at radius 3 is 2.20 bits per heavy atom. The summed E-state index contributed by atoms with van der Waals surface area (Å²) in [5.41, 5.74) is 3.31. The molecule has 1 saturated carbocycles. The normalized spacial score (nSPS) is 22.5. The van der Waals surface area contributed by atoms with Gasteiger partial charge in [-0.1, -0.05) is 24.3 Å². The van der Waals surface area contributed by atoms with Crippen molar-refractivity contribution < 1.29 is 4.79 Å². The number of benzene rings is 1.